The second-order valence-electron chi connectivity index (χ2n) is 6.64. The highest BCUT2D eigenvalue weighted by Crippen LogP contribution is 2.30. The molecule has 0 spiro atoms. The summed E-state index contributed by atoms with van der Waals surface area (Å²) in [5, 5.41) is 21.9. The van der Waals surface area contributed by atoms with Crippen molar-refractivity contribution in [3.05, 3.63) is 35.7 Å². The van der Waals surface area contributed by atoms with Gasteiger partial charge in [-0.15, -0.1) is 15.0 Å². The van der Waals surface area contributed by atoms with Gasteiger partial charge >= 0.3 is 0 Å². The third kappa shape index (κ3) is 3.18. The maximum absolute atomic E-state index is 12.8. The fraction of sp³-hybridized carbons (Fsp3) is 0.500. The van der Waals surface area contributed by atoms with E-state index in [1.165, 1.54) is 4.80 Å². The number of rotatable bonds is 3. The number of likely N-dealkylation sites (tertiary alicyclic amines) is 1. The van der Waals surface area contributed by atoms with Crippen molar-refractivity contribution in [3.63, 3.8) is 0 Å². The van der Waals surface area contributed by atoms with E-state index in [1.54, 1.807) is 18.2 Å². The van der Waals surface area contributed by atoms with Crippen LogP contribution < -0.4 is 0 Å². The zero-order chi connectivity index (χ0) is 17.9. The molecule has 0 N–H and O–H groups in total. The van der Waals surface area contributed by atoms with Crippen LogP contribution in [0.1, 0.15) is 49.5 Å². The van der Waals surface area contributed by atoms with E-state index < -0.39 is 0 Å². The summed E-state index contributed by atoms with van der Waals surface area (Å²) in [6.07, 6.45) is 4.20. The van der Waals surface area contributed by atoms with Crippen molar-refractivity contribution in [1.82, 2.24) is 25.1 Å². The maximum atomic E-state index is 12.8. The summed E-state index contributed by atoms with van der Waals surface area (Å²) in [6, 6.07) is 8.97. The molecule has 8 heteroatoms. The summed E-state index contributed by atoms with van der Waals surface area (Å²) in [5.41, 5.74) is 1.21. The molecule has 134 valence electrons. The van der Waals surface area contributed by atoms with Gasteiger partial charge in [0.15, 0.2) is 5.82 Å². The summed E-state index contributed by atoms with van der Waals surface area (Å²) < 4.78 is 5.57. The second-order valence-corrected chi connectivity index (χ2v) is 6.64. The van der Waals surface area contributed by atoms with E-state index in [9.17, 15) is 4.79 Å². The lowest BCUT2D eigenvalue weighted by molar-refractivity contribution is -0.145. The standard InChI is InChI=1S/C18H20N6O2/c19-12-13-5-3-6-14(11-13)24-21-17(20-22-24)15-7-1-2-9-23(15)18(25)16-8-4-10-26-16/h3,5-6,11,15-16H,1-2,4,7-10H2. The van der Waals surface area contributed by atoms with Crippen LogP contribution in [0.3, 0.4) is 0 Å². The lowest BCUT2D eigenvalue weighted by Crippen LogP contribution is -2.44. The summed E-state index contributed by atoms with van der Waals surface area (Å²) in [6.45, 7) is 1.35. The highest BCUT2D eigenvalue weighted by molar-refractivity contribution is 5.81. The zero-order valence-corrected chi connectivity index (χ0v) is 14.4. The third-order valence-corrected chi connectivity index (χ3v) is 4.92. The number of piperidine rings is 1. The van der Waals surface area contributed by atoms with E-state index in [2.05, 4.69) is 21.5 Å². The highest BCUT2D eigenvalue weighted by atomic mass is 16.5. The van der Waals surface area contributed by atoms with Crippen molar-refractivity contribution < 1.29 is 9.53 Å². The largest absolute Gasteiger partial charge is 0.368 e. The third-order valence-electron chi connectivity index (χ3n) is 4.92. The van der Waals surface area contributed by atoms with Crippen molar-refractivity contribution in [2.75, 3.05) is 13.2 Å². The first-order chi connectivity index (χ1) is 12.8. The van der Waals surface area contributed by atoms with Crippen LogP contribution in [0.4, 0.5) is 0 Å². The number of hydrogen-bond donors (Lipinski definition) is 0. The Bertz CT molecular complexity index is 836. The molecule has 1 aromatic heterocycles. The molecule has 2 fully saturated rings. The molecule has 3 heterocycles. The molecule has 4 rings (SSSR count). The Morgan fingerprint density at radius 1 is 1.27 bits per heavy atom. The Hall–Kier alpha value is -2.79. The first kappa shape index (κ1) is 16.7. The van der Waals surface area contributed by atoms with Crippen LogP contribution in [0.2, 0.25) is 0 Å². The molecule has 2 aromatic rings. The van der Waals surface area contributed by atoms with Crippen molar-refractivity contribution in [3.8, 4) is 11.8 Å². The van der Waals surface area contributed by atoms with Gasteiger partial charge in [0, 0.05) is 13.2 Å². The van der Waals surface area contributed by atoms with Gasteiger partial charge in [0.1, 0.15) is 6.10 Å². The number of ether oxygens (including phenoxy) is 1. The van der Waals surface area contributed by atoms with Crippen molar-refractivity contribution in [2.24, 2.45) is 0 Å². The van der Waals surface area contributed by atoms with Gasteiger partial charge in [-0.2, -0.15) is 5.26 Å². The highest BCUT2D eigenvalue weighted by Gasteiger charge is 2.36. The van der Waals surface area contributed by atoms with Crippen LogP contribution in [-0.2, 0) is 9.53 Å². The average Bonchev–Trinajstić information content (AvgIpc) is 3.39. The van der Waals surface area contributed by atoms with Crippen LogP contribution >= 0.6 is 0 Å². The predicted octanol–water partition coefficient (Wildman–Crippen LogP) is 1.77. The molecular weight excluding hydrogens is 332 g/mol. The van der Waals surface area contributed by atoms with Gasteiger partial charge in [0.25, 0.3) is 5.91 Å². The predicted molar refractivity (Wildman–Crippen MR) is 91.1 cm³/mol. The minimum Gasteiger partial charge on any atom is -0.368 e. The lowest BCUT2D eigenvalue weighted by atomic mass is 10.0. The molecule has 2 unspecified atom stereocenters. The minimum absolute atomic E-state index is 0.0371. The fourth-order valence-corrected chi connectivity index (χ4v) is 3.59. The van der Waals surface area contributed by atoms with Gasteiger partial charge in [-0.25, -0.2) is 0 Å². The molecule has 0 aliphatic carbocycles. The summed E-state index contributed by atoms with van der Waals surface area (Å²) in [5.74, 6) is 0.577. The maximum Gasteiger partial charge on any atom is 0.252 e. The Morgan fingerprint density at radius 2 is 2.19 bits per heavy atom. The molecule has 2 saturated heterocycles. The zero-order valence-electron chi connectivity index (χ0n) is 14.4. The van der Waals surface area contributed by atoms with Crippen molar-refractivity contribution in [1.29, 1.82) is 5.26 Å². The number of nitrogens with zero attached hydrogens (tertiary/aromatic N) is 6. The van der Waals surface area contributed by atoms with Gasteiger partial charge < -0.3 is 9.64 Å². The molecular formula is C18H20N6O2. The number of hydrogen-bond acceptors (Lipinski definition) is 6. The molecule has 1 amide bonds. The Balaban J connectivity index is 1.58. The Labute approximate surface area is 151 Å². The summed E-state index contributed by atoms with van der Waals surface area (Å²) in [7, 11) is 0. The number of nitriles is 1. The first-order valence-electron chi connectivity index (χ1n) is 8.99. The van der Waals surface area contributed by atoms with E-state index in [0.29, 0.717) is 30.2 Å². The van der Waals surface area contributed by atoms with Crippen LogP contribution in [0.5, 0.6) is 0 Å². The van der Waals surface area contributed by atoms with E-state index in [-0.39, 0.29) is 18.1 Å². The van der Waals surface area contributed by atoms with E-state index in [4.69, 9.17) is 10.00 Å². The van der Waals surface area contributed by atoms with Gasteiger partial charge in [-0.1, -0.05) is 6.07 Å². The van der Waals surface area contributed by atoms with Gasteiger partial charge in [-0.3, -0.25) is 4.79 Å². The van der Waals surface area contributed by atoms with E-state index in [0.717, 1.165) is 32.1 Å². The molecule has 2 aliphatic rings. The SMILES string of the molecule is N#Cc1cccc(-n2nnc(C3CCCCN3C(=O)C3CCCO3)n2)c1. The first-order valence-corrected chi connectivity index (χ1v) is 8.99. The number of aromatic nitrogens is 4. The molecule has 2 atom stereocenters. The van der Waals surface area contributed by atoms with Gasteiger partial charge in [0.05, 0.1) is 23.4 Å². The van der Waals surface area contributed by atoms with Crippen molar-refractivity contribution >= 4 is 5.91 Å². The molecule has 2 aliphatic heterocycles. The quantitative estimate of drug-likeness (QED) is 0.835. The molecule has 8 nitrogen and oxygen atoms in total. The van der Waals surface area contributed by atoms with E-state index in [1.807, 2.05) is 11.0 Å². The minimum atomic E-state index is -0.335. The van der Waals surface area contributed by atoms with E-state index >= 15 is 0 Å². The number of benzene rings is 1. The molecule has 26 heavy (non-hydrogen) atoms. The average molecular weight is 352 g/mol. The fourth-order valence-electron chi connectivity index (χ4n) is 3.59. The van der Waals surface area contributed by atoms with Crippen LogP contribution in [0.15, 0.2) is 24.3 Å². The molecule has 0 radical (unpaired) electrons. The number of tetrazole rings is 1. The van der Waals surface area contributed by atoms with Crippen molar-refractivity contribution in [2.45, 2.75) is 44.2 Å². The molecule has 0 saturated carbocycles. The van der Waals surface area contributed by atoms with Crippen LogP contribution in [0, 0.1) is 11.3 Å². The second kappa shape index (κ2) is 7.22. The summed E-state index contributed by atoms with van der Waals surface area (Å²) >= 11 is 0. The lowest BCUT2D eigenvalue weighted by Gasteiger charge is -2.35. The van der Waals surface area contributed by atoms with Crippen LogP contribution in [-0.4, -0.2) is 50.3 Å². The number of carbonyl (C=O) groups is 1. The topological polar surface area (TPSA) is 96.9 Å². The summed E-state index contributed by atoms with van der Waals surface area (Å²) in [4.78, 5) is 16.1. The Morgan fingerprint density at radius 3 is 3.00 bits per heavy atom. The number of amides is 1. The molecule has 1 aromatic carbocycles. The van der Waals surface area contributed by atoms with Crippen LogP contribution in [0.25, 0.3) is 5.69 Å². The molecule has 0 bridgehead atoms. The normalized spacial score (nSPS) is 23.0. The monoisotopic (exact) mass is 352 g/mol. The smallest absolute Gasteiger partial charge is 0.252 e. The Kier molecular flexibility index (Phi) is 4.63. The van der Waals surface area contributed by atoms with Gasteiger partial charge in [0.2, 0.25) is 0 Å². The van der Waals surface area contributed by atoms with Gasteiger partial charge in [-0.05, 0) is 55.5 Å². The number of carbonyl (C=O) groups excluding carboxylic acids is 1.